The molecule has 7 nitrogen and oxygen atoms in total. The molecule has 0 aromatic carbocycles. The number of ether oxygens (including phenoxy) is 1. The Morgan fingerprint density at radius 2 is 2.03 bits per heavy atom. The molecule has 4 rings (SSSR count). The first kappa shape index (κ1) is 24.3. The van der Waals surface area contributed by atoms with E-state index in [9.17, 15) is 19.5 Å². The molecule has 1 N–H and O–H groups in total. The minimum atomic E-state index is -0.852. The van der Waals surface area contributed by atoms with Crippen LogP contribution in [0.4, 0.5) is 0 Å². The average Bonchev–Trinajstić information content (AvgIpc) is 3.19. The van der Waals surface area contributed by atoms with Gasteiger partial charge in [-0.15, -0.1) is 11.8 Å². The molecule has 182 valence electrons. The number of allylic oxidation sites excluding steroid dienone is 1. The zero-order chi connectivity index (χ0) is 23.8. The van der Waals surface area contributed by atoms with E-state index in [2.05, 4.69) is 13.0 Å². The number of cyclic esters (lactones) is 1. The van der Waals surface area contributed by atoms with Crippen LogP contribution in [0.1, 0.15) is 46.5 Å². The topological polar surface area (TPSA) is 87.2 Å². The Balaban J connectivity index is 1.83. The molecule has 0 aromatic heterocycles. The molecule has 0 radical (unpaired) electrons. The maximum Gasteiger partial charge on any atom is 0.311 e. The van der Waals surface area contributed by atoms with Crippen LogP contribution in [0.3, 0.4) is 0 Å². The molecule has 1 spiro atoms. The summed E-state index contributed by atoms with van der Waals surface area (Å²) in [4.78, 5) is 44.8. The second-order valence-corrected chi connectivity index (χ2v) is 11.3. The number of nitrogens with zero attached hydrogens (tertiary/aromatic N) is 2. The van der Waals surface area contributed by atoms with Crippen molar-refractivity contribution in [2.75, 3.05) is 26.3 Å². The van der Waals surface area contributed by atoms with Crippen molar-refractivity contribution >= 4 is 29.5 Å². The Morgan fingerprint density at radius 3 is 2.73 bits per heavy atom. The van der Waals surface area contributed by atoms with Crippen LogP contribution in [0.15, 0.2) is 24.3 Å². The molecule has 33 heavy (non-hydrogen) atoms. The quantitative estimate of drug-likeness (QED) is 0.468. The Morgan fingerprint density at radius 1 is 1.24 bits per heavy atom. The molecule has 0 saturated carbocycles. The zero-order valence-corrected chi connectivity index (χ0v) is 20.6. The minimum absolute atomic E-state index is 0.0351. The number of hydrogen-bond donors (Lipinski definition) is 1. The lowest BCUT2D eigenvalue weighted by atomic mass is 9.78. The summed E-state index contributed by atoms with van der Waals surface area (Å²) in [6, 6.07) is -1.23. The van der Waals surface area contributed by atoms with Crippen molar-refractivity contribution in [3.05, 3.63) is 24.3 Å². The van der Waals surface area contributed by atoms with Crippen LogP contribution in [0.5, 0.6) is 0 Å². The summed E-state index contributed by atoms with van der Waals surface area (Å²) in [6.07, 6.45) is 11.5. The smallest absolute Gasteiger partial charge is 0.311 e. The summed E-state index contributed by atoms with van der Waals surface area (Å²) in [5.74, 6) is -2.02. The largest absolute Gasteiger partial charge is 0.465 e. The second kappa shape index (κ2) is 9.82. The fraction of sp³-hybridized carbons (Fsp3) is 0.720. The van der Waals surface area contributed by atoms with Crippen LogP contribution in [0, 0.1) is 17.8 Å². The first-order valence-corrected chi connectivity index (χ1v) is 13.2. The molecule has 4 aliphatic rings. The maximum atomic E-state index is 14.1. The van der Waals surface area contributed by atoms with Crippen LogP contribution in [-0.2, 0) is 19.1 Å². The van der Waals surface area contributed by atoms with Crippen molar-refractivity contribution in [3.63, 3.8) is 0 Å². The standard InChI is InChI=1S/C25H36N2O5S/c1-4-5-12-26-13-9-11-25-20(19-18(33-25)10-7-6-8-14-32-24(19)31)22(29)27(21(25)23(26)30)17(15-28)16(2)3/h7,9-11,16-21,28H,4-6,8,12-15H2,1-3H3/b10-7-/t17-,18-,19+,20-,21?,25-/m0/s1. The van der Waals surface area contributed by atoms with Crippen LogP contribution in [-0.4, -0.2) is 81.1 Å². The predicted molar refractivity (Wildman–Crippen MR) is 127 cm³/mol. The highest BCUT2D eigenvalue weighted by molar-refractivity contribution is 8.02. The van der Waals surface area contributed by atoms with Crippen molar-refractivity contribution in [2.45, 2.75) is 68.5 Å². The number of likely N-dealkylation sites (tertiary alicyclic amines) is 1. The molecule has 4 aliphatic heterocycles. The summed E-state index contributed by atoms with van der Waals surface area (Å²) < 4.78 is 4.73. The lowest BCUT2D eigenvalue weighted by Gasteiger charge is -2.39. The summed E-state index contributed by atoms with van der Waals surface area (Å²) in [5.41, 5.74) is 0. The van der Waals surface area contributed by atoms with Crippen molar-refractivity contribution in [2.24, 2.45) is 17.8 Å². The summed E-state index contributed by atoms with van der Waals surface area (Å²) >= 11 is 1.56. The Bertz CT molecular complexity index is 843. The van der Waals surface area contributed by atoms with Crippen LogP contribution < -0.4 is 0 Å². The van der Waals surface area contributed by atoms with Gasteiger partial charge < -0.3 is 19.6 Å². The number of aliphatic hydroxyl groups is 1. The Kier molecular flexibility index (Phi) is 7.24. The van der Waals surface area contributed by atoms with Crippen LogP contribution >= 0.6 is 11.8 Å². The van der Waals surface area contributed by atoms with Crippen LogP contribution in [0.2, 0.25) is 0 Å². The Hall–Kier alpha value is -1.80. The monoisotopic (exact) mass is 476 g/mol. The van der Waals surface area contributed by atoms with E-state index in [0.29, 0.717) is 19.7 Å². The maximum absolute atomic E-state index is 14.1. The van der Waals surface area contributed by atoms with Gasteiger partial charge in [0.05, 0.1) is 35.8 Å². The normalized spacial score (nSPS) is 35.8. The highest BCUT2D eigenvalue weighted by Gasteiger charge is 2.71. The second-order valence-electron chi connectivity index (χ2n) is 9.86. The number of thioether (sulfide) groups is 1. The van der Waals surface area contributed by atoms with Crippen molar-refractivity contribution in [1.29, 1.82) is 0 Å². The van der Waals surface area contributed by atoms with E-state index in [0.717, 1.165) is 25.7 Å². The summed E-state index contributed by atoms with van der Waals surface area (Å²) in [7, 11) is 0. The molecule has 6 atom stereocenters. The third-order valence-corrected chi connectivity index (χ3v) is 9.21. The lowest BCUT2D eigenvalue weighted by Crippen LogP contribution is -2.57. The van der Waals surface area contributed by atoms with Gasteiger partial charge in [0, 0.05) is 18.3 Å². The number of carbonyl (C=O) groups is 3. The Labute approximate surface area is 200 Å². The molecule has 4 heterocycles. The van der Waals surface area contributed by atoms with Gasteiger partial charge in [-0.05, 0) is 25.2 Å². The lowest BCUT2D eigenvalue weighted by molar-refractivity contribution is -0.154. The van der Waals surface area contributed by atoms with Crippen LogP contribution in [0.25, 0.3) is 0 Å². The van der Waals surface area contributed by atoms with E-state index in [1.807, 2.05) is 37.0 Å². The van der Waals surface area contributed by atoms with Gasteiger partial charge in [0.1, 0.15) is 6.04 Å². The summed E-state index contributed by atoms with van der Waals surface area (Å²) in [6.45, 7) is 7.23. The molecule has 0 aliphatic carbocycles. The molecule has 2 fully saturated rings. The van der Waals surface area contributed by atoms with Gasteiger partial charge in [0.25, 0.3) is 0 Å². The molecular weight excluding hydrogens is 440 g/mol. The third kappa shape index (κ3) is 4.03. The van der Waals surface area contributed by atoms with Gasteiger partial charge in [0.15, 0.2) is 0 Å². The van der Waals surface area contributed by atoms with Gasteiger partial charge in [0.2, 0.25) is 11.8 Å². The molecule has 2 amide bonds. The van der Waals surface area contributed by atoms with Gasteiger partial charge in [-0.2, -0.15) is 0 Å². The highest BCUT2D eigenvalue weighted by Crippen LogP contribution is 2.61. The van der Waals surface area contributed by atoms with E-state index in [1.54, 1.807) is 16.7 Å². The number of unbranched alkanes of at least 4 members (excludes halogenated alkanes) is 1. The first-order valence-electron chi connectivity index (χ1n) is 12.3. The van der Waals surface area contributed by atoms with E-state index >= 15 is 0 Å². The van der Waals surface area contributed by atoms with E-state index in [1.165, 1.54) is 0 Å². The average molecular weight is 477 g/mol. The number of aliphatic hydroxyl groups excluding tert-OH is 1. The molecular formula is C25H36N2O5S. The predicted octanol–water partition coefficient (Wildman–Crippen LogP) is 2.39. The van der Waals surface area contributed by atoms with Gasteiger partial charge >= 0.3 is 5.97 Å². The molecule has 1 unspecified atom stereocenters. The van der Waals surface area contributed by atoms with Crippen molar-refractivity contribution < 1.29 is 24.2 Å². The molecule has 0 bridgehead atoms. The minimum Gasteiger partial charge on any atom is -0.465 e. The van der Waals surface area contributed by atoms with Crippen molar-refractivity contribution in [1.82, 2.24) is 9.80 Å². The first-order chi connectivity index (χ1) is 15.9. The van der Waals surface area contributed by atoms with Gasteiger partial charge in [-0.25, -0.2) is 0 Å². The number of amides is 2. The third-order valence-electron chi connectivity index (χ3n) is 7.47. The fourth-order valence-corrected chi connectivity index (χ4v) is 7.76. The number of carbonyl (C=O) groups excluding carboxylic acids is 3. The summed E-state index contributed by atoms with van der Waals surface area (Å²) in [5, 5.41) is 10.0. The molecule has 2 saturated heterocycles. The van der Waals surface area contributed by atoms with E-state index < -0.39 is 28.7 Å². The number of esters is 1. The van der Waals surface area contributed by atoms with Gasteiger partial charge in [-0.1, -0.05) is 51.5 Å². The van der Waals surface area contributed by atoms with Gasteiger partial charge in [-0.3, -0.25) is 14.4 Å². The van der Waals surface area contributed by atoms with E-state index in [4.69, 9.17) is 4.74 Å². The SMILES string of the molecule is CCCCN1CC=C[C@]23S[C@H]4/C=C\CCCOC(=O)[C@H]4[C@H]2C(=O)N([C@@H](CO)C(C)C)C3C1=O. The fourth-order valence-electron chi connectivity index (χ4n) is 5.77. The van der Waals surface area contributed by atoms with Crippen molar-refractivity contribution in [3.8, 4) is 0 Å². The van der Waals surface area contributed by atoms with E-state index in [-0.39, 0.29) is 35.6 Å². The molecule has 0 aromatic rings. The zero-order valence-electron chi connectivity index (χ0n) is 19.8. The number of fused-ring (bicyclic) bond motifs is 2. The number of rotatable bonds is 6. The number of hydrogen-bond acceptors (Lipinski definition) is 6. The molecule has 8 heteroatoms. The highest BCUT2D eigenvalue weighted by atomic mass is 32.2.